The highest BCUT2D eigenvalue weighted by atomic mass is 32.1. The zero-order chi connectivity index (χ0) is 16.2. The highest BCUT2D eigenvalue weighted by Gasteiger charge is 2.12. The van der Waals surface area contributed by atoms with Crippen LogP contribution < -0.4 is 10.9 Å². The molecule has 3 rings (SSSR count). The van der Waals surface area contributed by atoms with Gasteiger partial charge in [-0.15, -0.1) is 17.9 Å². The number of nitrogens with one attached hydrogen (secondary N) is 1. The minimum Gasteiger partial charge on any atom is -0.351 e. The molecule has 0 bridgehead atoms. The van der Waals surface area contributed by atoms with Crippen molar-refractivity contribution in [1.82, 2.24) is 14.9 Å². The fourth-order valence-electron chi connectivity index (χ4n) is 2.20. The third-order valence-electron chi connectivity index (χ3n) is 3.32. The number of aromatic nitrogens is 2. The fraction of sp³-hybridized carbons (Fsp3) is 0.118. The van der Waals surface area contributed by atoms with E-state index >= 15 is 0 Å². The van der Waals surface area contributed by atoms with Gasteiger partial charge in [0, 0.05) is 11.4 Å². The molecule has 3 aromatic rings. The largest absolute Gasteiger partial charge is 0.351 e. The summed E-state index contributed by atoms with van der Waals surface area (Å²) >= 11 is 1.39. The van der Waals surface area contributed by atoms with Gasteiger partial charge in [-0.1, -0.05) is 36.4 Å². The number of amides is 1. The molecule has 1 aromatic carbocycles. The number of carbonyl (C=O) groups excluding carboxylic acids is 1. The van der Waals surface area contributed by atoms with Crippen LogP contribution in [0, 0.1) is 0 Å². The second-order valence-electron chi connectivity index (χ2n) is 4.96. The number of fused-ring (bicyclic) bond motifs is 1. The molecule has 1 amide bonds. The summed E-state index contributed by atoms with van der Waals surface area (Å²) in [5, 5.41) is 2.65. The first-order chi connectivity index (χ1) is 11.2. The van der Waals surface area contributed by atoms with Gasteiger partial charge >= 0.3 is 0 Å². The van der Waals surface area contributed by atoms with Crippen molar-refractivity contribution in [2.45, 2.75) is 6.54 Å². The van der Waals surface area contributed by atoms with Gasteiger partial charge in [-0.3, -0.25) is 14.2 Å². The van der Waals surface area contributed by atoms with Crippen molar-refractivity contribution in [1.29, 1.82) is 0 Å². The van der Waals surface area contributed by atoms with E-state index in [4.69, 9.17) is 0 Å². The normalized spacial score (nSPS) is 10.6. The van der Waals surface area contributed by atoms with Gasteiger partial charge in [0.2, 0.25) is 5.91 Å². The van der Waals surface area contributed by atoms with Crippen LogP contribution in [0.25, 0.3) is 20.7 Å². The Hall–Kier alpha value is -2.73. The van der Waals surface area contributed by atoms with Crippen molar-refractivity contribution in [2.24, 2.45) is 0 Å². The predicted octanol–water partition coefficient (Wildman–Crippen LogP) is 2.43. The molecular formula is C17H15N3O2S. The van der Waals surface area contributed by atoms with Gasteiger partial charge in [0.15, 0.2) is 0 Å². The number of rotatable bonds is 5. The third-order valence-corrected chi connectivity index (χ3v) is 4.48. The van der Waals surface area contributed by atoms with Crippen LogP contribution in [0.2, 0.25) is 0 Å². The molecule has 6 heteroatoms. The Morgan fingerprint density at radius 3 is 2.87 bits per heavy atom. The van der Waals surface area contributed by atoms with Crippen molar-refractivity contribution in [3.63, 3.8) is 0 Å². The van der Waals surface area contributed by atoms with Crippen molar-refractivity contribution >= 4 is 27.5 Å². The molecule has 1 N–H and O–H groups in total. The molecule has 116 valence electrons. The highest BCUT2D eigenvalue weighted by molar-refractivity contribution is 7.22. The second-order valence-corrected chi connectivity index (χ2v) is 6.01. The lowest BCUT2D eigenvalue weighted by molar-refractivity contribution is -0.121. The van der Waals surface area contributed by atoms with Crippen molar-refractivity contribution in [2.75, 3.05) is 6.54 Å². The summed E-state index contributed by atoms with van der Waals surface area (Å²) in [7, 11) is 0. The topological polar surface area (TPSA) is 64.0 Å². The minimum absolute atomic E-state index is 0.0474. The minimum atomic E-state index is -0.243. The van der Waals surface area contributed by atoms with Gasteiger partial charge in [0.1, 0.15) is 11.2 Å². The molecule has 23 heavy (non-hydrogen) atoms. The third kappa shape index (κ3) is 3.22. The van der Waals surface area contributed by atoms with Gasteiger partial charge in [0.25, 0.3) is 5.56 Å². The maximum Gasteiger partial charge on any atom is 0.271 e. The summed E-state index contributed by atoms with van der Waals surface area (Å²) < 4.78 is 1.88. The number of nitrogens with zero attached hydrogens (tertiary/aromatic N) is 2. The van der Waals surface area contributed by atoms with Gasteiger partial charge in [-0.05, 0) is 11.6 Å². The van der Waals surface area contributed by atoms with Crippen LogP contribution in [-0.2, 0) is 11.3 Å². The van der Waals surface area contributed by atoms with E-state index in [2.05, 4.69) is 16.9 Å². The quantitative estimate of drug-likeness (QED) is 0.733. The average molecular weight is 325 g/mol. The number of benzene rings is 1. The Bertz CT molecular complexity index is 912. The smallest absolute Gasteiger partial charge is 0.271 e. The summed E-state index contributed by atoms with van der Waals surface area (Å²) in [6.45, 7) is 3.86. The first kappa shape index (κ1) is 15.2. The zero-order valence-electron chi connectivity index (χ0n) is 12.4. The first-order valence-corrected chi connectivity index (χ1v) is 7.92. The molecule has 0 aliphatic carbocycles. The molecule has 0 saturated carbocycles. The molecule has 0 saturated heterocycles. The molecule has 2 heterocycles. The van der Waals surface area contributed by atoms with Gasteiger partial charge in [0.05, 0.1) is 11.8 Å². The van der Waals surface area contributed by atoms with E-state index in [0.717, 1.165) is 10.4 Å². The lowest BCUT2D eigenvalue weighted by atomic mass is 10.2. The lowest BCUT2D eigenvalue weighted by Gasteiger charge is -2.04. The van der Waals surface area contributed by atoms with Crippen LogP contribution in [0.5, 0.6) is 0 Å². The van der Waals surface area contributed by atoms with E-state index in [1.807, 2.05) is 36.4 Å². The monoisotopic (exact) mass is 325 g/mol. The summed E-state index contributed by atoms with van der Waals surface area (Å²) in [4.78, 5) is 29.5. The predicted molar refractivity (Wildman–Crippen MR) is 92.5 cm³/mol. The van der Waals surface area contributed by atoms with E-state index in [9.17, 15) is 9.59 Å². The van der Waals surface area contributed by atoms with Crippen LogP contribution >= 0.6 is 11.3 Å². The molecule has 0 fully saturated rings. The van der Waals surface area contributed by atoms with E-state index in [0.29, 0.717) is 16.8 Å². The van der Waals surface area contributed by atoms with Crippen LogP contribution in [0.3, 0.4) is 0 Å². The van der Waals surface area contributed by atoms with Crippen LogP contribution in [0.4, 0.5) is 0 Å². The summed E-state index contributed by atoms with van der Waals surface area (Å²) in [6, 6.07) is 11.7. The number of hydrogen-bond donors (Lipinski definition) is 1. The molecular weight excluding hydrogens is 310 g/mol. The van der Waals surface area contributed by atoms with Crippen LogP contribution in [0.15, 0.2) is 60.2 Å². The maximum atomic E-state index is 12.5. The zero-order valence-corrected chi connectivity index (χ0v) is 13.2. The summed E-state index contributed by atoms with van der Waals surface area (Å²) in [5.41, 5.74) is 1.50. The Labute approximate surface area is 136 Å². The van der Waals surface area contributed by atoms with Gasteiger partial charge in [-0.2, -0.15) is 0 Å². The molecule has 0 spiro atoms. The van der Waals surface area contributed by atoms with Gasteiger partial charge < -0.3 is 5.32 Å². The molecule has 2 aromatic heterocycles. The van der Waals surface area contributed by atoms with Crippen molar-refractivity contribution in [3.8, 4) is 10.4 Å². The maximum absolute atomic E-state index is 12.5. The van der Waals surface area contributed by atoms with Crippen molar-refractivity contribution in [3.05, 3.63) is 65.7 Å². The van der Waals surface area contributed by atoms with Gasteiger partial charge in [-0.25, -0.2) is 4.98 Å². The lowest BCUT2D eigenvalue weighted by Crippen LogP contribution is -2.32. The average Bonchev–Trinajstić information content (AvgIpc) is 3.01. The van der Waals surface area contributed by atoms with E-state index in [1.54, 1.807) is 6.08 Å². The van der Waals surface area contributed by atoms with Crippen LogP contribution in [0.1, 0.15) is 0 Å². The number of carbonyl (C=O) groups is 1. The molecule has 0 atom stereocenters. The second kappa shape index (κ2) is 6.58. The Morgan fingerprint density at radius 2 is 2.13 bits per heavy atom. The van der Waals surface area contributed by atoms with E-state index < -0.39 is 0 Å². The Kier molecular flexibility index (Phi) is 4.34. The first-order valence-electron chi connectivity index (χ1n) is 7.11. The molecule has 0 radical (unpaired) electrons. The molecule has 0 aliphatic heterocycles. The fourth-order valence-corrected chi connectivity index (χ4v) is 3.26. The summed E-state index contributed by atoms with van der Waals surface area (Å²) in [6.07, 6.45) is 3.01. The van der Waals surface area contributed by atoms with Crippen molar-refractivity contribution < 1.29 is 4.79 Å². The standard InChI is InChI=1S/C17H15N3O2S/c1-2-8-18-15(21)10-20-11-19-13-9-14(23-16(13)17(20)22)12-6-4-3-5-7-12/h2-7,9,11H,1,8,10H2,(H,18,21). The van der Waals surface area contributed by atoms with E-state index in [1.165, 1.54) is 22.2 Å². The Balaban J connectivity index is 1.95. The van der Waals surface area contributed by atoms with Crippen LogP contribution in [-0.4, -0.2) is 22.0 Å². The Morgan fingerprint density at radius 1 is 1.35 bits per heavy atom. The molecule has 0 unspecified atom stereocenters. The molecule has 5 nitrogen and oxygen atoms in total. The molecule has 0 aliphatic rings. The highest BCUT2D eigenvalue weighted by Crippen LogP contribution is 2.30. The number of hydrogen-bond acceptors (Lipinski definition) is 4. The van der Waals surface area contributed by atoms with E-state index in [-0.39, 0.29) is 18.0 Å². The summed E-state index contributed by atoms with van der Waals surface area (Å²) in [5.74, 6) is -0.243. The number of thiophene rings is 1. The SMILES string of the molecule is C=CCNC(=O)Cn1cnc2cc(-c3ccccc3)sc2c1=O.